The molecule has 2 N–H and O–H groups in total. The summed E-state index contributed by atoms with van der Waals surface area (Å²) in [5, 5.41) is 11.1. The van der Waals surface area contributed by atoms with Gasteiger partial charge in [0, 0.05) is 39.6 Å². The van der Waals surface area contributed by atoms with Crippen molar-refractivity contribution in [3.63, 3.8) is 0 Å². The molecule has 1 aromatic carbocycles. The maximum absolute atomic E-state index is 12.3. The van der Waals surface area contributed by atoms with Crippen LogP contribution in [0.2, 0.25) is 0 Å². The van der Waals surface area contributed by atoms with Crippen molar-refractivity contribution in [1.29, 1.82) is 0 Å². The number of aromatic nitrogens is 3. The molecule has 0 aliphatic carbocycles. The monoisotopic (exact) mass is 386 g/mol. The Bertz CT molecular complexity index is 855. The first-order chi connectivity index (χ1) is 13.7. The van der Waals surface area contributed by atoms with E-state index in [1.54, 1.807) is 18.8 Å². The Morgan fingerprint density at radius 3 is 2.86 bits per heavy atom. The summed E-state index contributed by atoms with van der Waals surface area (Å²) in [7, 11) is 3.45. The molecule has 1 aromatic heterocycles. The molecule has 8 nitrogen and oxygen atoms in total. The third-order valence-corrected chi connectivity index (χ3v) is 4.97. The van der Waals surface area contributed by atoms with Crippen LogP contribution in [0.1, 0.15) is 30.7 Å². The van der Waals surface area contributed by atoms with E-state index >= 15 is 0 Å². The summed E-state index contributed by atoms with van der Waals surface area (Å²) in [6.45, 7) is 2.90. The van der Waals surface area contributed by atoms with Crippen LogP contribution in [0.15, 0.2) is 34.1 Å². The predicted octanol–water partition coefficient (Wildman–Crippen LogP) is 1.19. The lowest BCUT2D eigenvalue weighted by Crippen LogP contribution is -2.39. The maximum atomic E-state index is 12.3. The second-order valence-electron chi connectivity index (χ2n) is 6.87. The summed E-state index contributed by atoms with van der Waals surface area (Å²) in [4.78, 5) is 16.6. The van der Waals surface area contributed by atoms with Crippen LogP contribution in [0.25, 0.3) is 0 Å². The maximum Gasteiger partial charge on any atom is 0.345 e. The largest absolute Gasteiger partial charge is 0.496 e. The lowest BCUT2D eigenvalue weighted by Gasteiger charge is -2.13. The Balaban J connectivity index is 1.40. The van der Waals surface area contributed by atoms with Gasteiger partial charge in [0.15, 0.2) is 5.96 Å². The van der Waals surface area contributed by atoms with Crippen molar-refractivity contribution in [2.24, 2.45) is 4.99 Å². The smallest absolute Gasteiger partial charge is 0.345 e. The third-order valence-electron chi connectivity index (χ3n) is 4.97. The van der Waals surface area contributed by atoms with Crippen LogP contribution < -0.4 is 21.1 Å². The number of para-hydroxylation sites is 1. The first kappa shape index (κ1) is 20.0. The Kier molecular flexibility index (Phi) is 7.11. The fourth-order valence-electron chi connectivity index (χ4n) is 3.48. The topological polar surface area (TPSA) is 85.5 Å². The van der Waals surface area contributed by atoms with Crippen LogP contribution in [0, 0.1) is 0 Å². The van der Waals surface area contributed by atoms with Crippen LogP contribution in [0.3, 0.4) is 0 Å². The minimum atomic E-state index is 0.0222. The Morgan fingerprint density at radius 2 is 2.07 bits per heavy atom. The van der Waals surface area contributed by atoms with Gasteiger partial charge < -0.3 is 15.4 Å². The second kappa shape index (κ2) is 9.96. The zero-order chi connectivity index (χ0) is 19.8. The van der Waals surface area contributed by atoms with E-state index in [0.717, 1.165) is 74.8 Å². The lowest BCUT2D eigenvalue weighted by molar-refractivity contribution is 0.409. The Labute approximate surface area is 165 Å². The van der Waals surface area contributed by atoms with Gasteiger partial charge in [0.1, 0.15) is 11.6 Å². The molecular weight excluding hydrogens is 356 g/mol. The van der Waals surface area contributed by atoms with Gasteiger partial charge in [0.25, 0.3) is 0 Å². The summed E-state index contributed by atoms with van der Waals surface area (Å²) >= 11 is 0. The van der Waals surface area contributed by atoms with Gasteiger partial charge in [0.05, 0.1) is 7.11 Å². The van der Waals surface area contributed by atoms with Crippen molar-refractivity contribution in [3.8, 4) is 5.75 Å². The molecule has 0 amide bonds. The van der Waals surface area contributed by atoms with E-state index < -0.39 is 0 Å². The number of nitrogens with zero attached hydrogens (tertiary/aromatic N) is 4. The van der Waals surface area contributed by atoms with Crippen molar-refractivity contribution >= 4 is 5.96 Å². The van der Waals surface area contributed by atoms with Crippen LogP contribution >= 0.6 is 0 Å². The average Bonchev–Trinajstić information content (AvgIpc) is 3.06. The molecule has 0 spiro atoms. The van der Waals surface area contributed by atoms with Gasteiger partial charge in [-0.1, -0.05) is 18.2 Å². The zero-order valence-corrected chi connectivity index (χ0v) is 16.8. The minimum absolute atomic E-state index is 0.0222. The fraction of sp³-hybridized carbons (Fsp3) is 0.550. The molecule has 3 rings (SSSR count). The quantitative estimate of drug-likeness (QED) is 0.404. The molecule has 1 aliphatic rings. The molecule has 0 atom stereocenters. The van der Waals surface area contributed by atoms with E-state index in [-0.39, 0.29) is 5.69 Å². The van der Waals surface area contributed by atoms with Crippen LogP contribution in [0.5, 0.6) is 5.75 Å². The molecule has 0 saturated carbocycles. The number of hydrogen-bond donors (Lipinski definition) is 2. The molecule has 2 aromatic rings. The van der Waals surface area contributed by atoms with E-state index in [1.807, 2.05) is 22.8 Å². The van der Waals surface area contributed by atoms with Gasteiger partial charge in [-0.3, -0.25) is 9.56 Å². The number of fused-ring (bicyclic) bond motifs is 1. The molecule has 0 bridgehead atoms. The first-order valence-corrected chi connectivity index (χ1v) is 9.96. The summed E-state index contributed by atoms with van der Waals surface area (Å²) in [6.07, 6.45) is 4.75. The van der Waals surface area contributed by atoms with Crippen LogP contribution in [-0.2, 0) is 25.9 Å². The van der Waals surface area contributed by atoms with E-state index in [1.165, 1.54) is 0 Å². The molecule has 152 valence electrons. The highest BCUT2D eigenvalue weighted by molar-refractivity contribution is 5.79. The number of aryl methyl sites for hydroxylation is 2. The SMILES string of the molecule is CN=C(NCCCn1nc2n(c1=O)CCCC2)NCCc1ccccc1OC. The molecule has 0 radical (unpaired) electrons. The predicted molar refractivity (Wildman–Crippen MR) is 110 cm³/mol. The van der Waals surface area contributed by atoms with Crippen LogP contribution in [0.4, 0.5) is 0 Å². The van der Waals surface area contributed by atoms with E-state index in [0.29, 0.717) is 6.54 Å². The molecule has 0 saturated heterocycles. The molecule has 0 fully saturated rings. The number of rotatable bonds is 8. The number of methoxy groups -OCH3 is 1. The van der Waals surface area contributed by atoms with Crippen molar-refractivity contribution < 1.29 is 4.74 Å². The van der Waals surface area contributed by atoms with Crippen molar-refractivity contribution in [2.75, 3.05) is 27.2 Å². The normalized spacial score (nSPS) is 13.9. The summed E-state index contributed by atoms with van der Waals surface area (Å²) in [5.41, 5.74) is 1.19. The first-order valence-electron chi connectivity index (χ1n) is 9.96. The highest BCUT2D eigenvalue weighted by Crippen LogP contribution is 2.17. The summed E-state index contributed by atoms with van der Waals surface area (Å²) < 4.78 is 8.79. The van der Waals surface area contributed by atoms with E-state index in [4.69, 9.17) is 4.74 Å². The highest BCUT2D eigenvalue weighted by atomic mass is 16.5. The number of aliphatic imine (C=N–C) groups is 1. The van der Waals surface area contributed by atoms with Gasteiger partial charge in [-0.05, 0) is 37.3 Å². The van der Waals surface area contributed by atoms with Crippen molar-refractivity contribution in [3.05, 3.63) is 46.1 Å². The Morgan fingerprint density at radius 1 is 1.25 bits per heavy atom. The van der Waals surface area contributed by atoms with Crippen molar-refractivity contribution in [2.45, 2.75) is 45.2 Å². The van der Waals surface area contributed by atoms with Gasteiger partial charge in [0.2, 0.25) is 0 Å². The van der Waals surface area contributed by atoms with Gasteiger partial charge in [-0.25, -0.2) is 9.48 Å². The van der Waals surface area contributed by atoms with Gasteiger partial charge >= 0.3 is 5.69 Å². The van der Waals surface area contributed by atoms with E-state index in [2.05, 4.69) is 26.8 Å². The average molecular weight is 387 g/mol. The minimum Gasteiger partial charge on any atom is -0.496 e. The molecule has 1 aliphatic heterocycles. The third kappa shape index (κ3) is 4.94. The molecule has 2 heterocycles. The molecule has 28 heavy (non-hydrogen) atoms. The second-order valence-corrected chi connectivity index (χ2v) is 6.87. The molecule has 8 heteroatoms. The fourth-order valence-corrected chi connectivity index (χ4v) is 3.48. The Hall–Kier alpha value is -2.77. The number of ether oxygens (including phenoxy) is 1. The van der Waals surface area contributed by atoms with E-state index in [9.17, 15) is 4.79 Å². The zero-order valence-electron chi connectivity index (χ0n) is 16.8. The standard InChI is InChI=1S/C20H30N6O2/c1-21-19(23-13-11-16-8-3-4-9-17(16)28-2)22-12-7-15-26-20(27)25-14-6-5-10-18(25)24-26/h3-4,8-9H,5-7,10-15H2,1-2H3,(H2,21,22,23). The van der Waals surface area contributed by atoms with Gasteiger partial charge in [-0.2, -0.15) is 5.10 Å². The lowest BCUT2D eigenvalue weighted by atomic mass is 10.1. The van der Waals surface area contributed by atoms with Gasteiger partial charge in [-0.15, -0.1) is 0 Å². The molecule has 0 unspecified atom stereocenters. The number of guanidine groups is 1. The van der Waals surface area contributed by atoms with Crippen molar-refractivity contribution in [1.82, 2.24) is 25.0 Å². The summed E-state index contributed by atoms with van der Waals surface area (Å²) in [6, 6.07) is 8.02. The van der Waals surface area contributed by atoms with Crippen LogP contribution in [-0.4, -0.2) is 47.6 Å². The molecular formula is C20H30N6O2. The number of benzene rings is 1. The number of nitrogens with one attached hydrogen (secondary N) is 2. The summed E-state index contributed by atoms with van der Waals surface area (Å²) in [5.74, 6) is 2.59. The number of hydrogen-bond acceptors (Lipinski definition) is 4. The highest BCUT2D eigenvalue weighted by Gasteiger charge is 2.16.